The normalized spacial score (nSPS) is 21.5. The maximum atomic E-state index is 13.0. The Bertz CT molecular complexity index is 665. The molecule has 1 saturated heterocycles. The molecular weight excluding hydrogens is 326 g/mol. The second-order valence-corrected chi connectivity index (χ2v) is 8.27. The highest BCUT2D eigenvalue weighted by Gasteiger charge is 2.52. The smallest absolute Gasteiger partial charge is 0.253 e. The Hall–Kier alpha value is -1.88. The van der Waals surface area contributed by atoms with E-state index in [-0.39, 0.29) is 23.1 Å². The van der Waals surface area contributed by atoms with Crippen molar-refractivity contribution < 1.29 is 9.59 Å². The Balaban J connectivity index is 1.73. The quantitative estimate of drug-likeness (QED) is 0.880. The zero-order valence-electron chi connectivity index (χ0n) is 16.3. The highest BCUT2D eigenvalue weighted by Crippen LogP contribution is 2.49. The number of likely N-dealkylation sites (N-methyl/N-ethyl adjacent to an activating group) is 1. The van der Waals surface area contributed by atoms with Gasteiger partial charge in [-0.1, -0.05) is 30.5 Å². The van der Waals surface area contributed by atoms with E-state index >= 15 is 0 Å². The van der Waals surface area contributed by atoms with Crippen LogP contribution in [0.1, 0.15) is 41.6 Å². The minimum atomic E-state index is -0.0825. The molecule has 142 valence electrons. The van der Waals surface area contributed by atoms with Gasteiger partial charge >= 0.3 is 0 Å². The first-order chi connectivity index (χ1) is 12.4. The van der Waals surface area contributed by atoms with Gasteiger partial charge in [0.25, 0.3) is 5.91 Å². The van der Waals surface area contributed by atoms with Crippen molar-refractivity contribution in [1.82, 2.24) is 15.1 Å². The summed E-state index contributed by atoms with van der Waals surface area (Å²) >= 11 is 0. The van der Waals surface area contributed by atoms with Crippen LogP contribution in [0.15, 0.2) is 24.3 Å². The van der Waals surface area contributed by atoms with E-state index in [0.29, 0.717) is 19.6 Å². The van der Waals surface area contributed by atoms with E-state index in [1.807, 2.05) is 50.2 Å². The van der Waals surface area contributed by atoms with Gasteiger partial charge in [-0.2, -0.15) is 0 Å². The number of likely N-dealkylation sites (tertiary alicyclic amines) is 1. The van der Waals surface area contributed by atoms with E-state index in [0.717, 1.165) is 43.4 Å². The lowest BCUT2D eigenvalue weighted by Crippen LogP contribution is -2.42. The van der Waals surface area contributed by atoms with Crippen LogP contribution in [0.2, 0.25) is 0 Å². The van der Waals surface area contributed by atoms with Crippen molar-refractivity contribution in [3.05, 3.63) is 35.4 Å². The van der Waals surface area contributed by atoms with E-state index in [9.17, 15) is 9.59 Å². The molecule has 1 heterocycles. The summed E-state index contributed by atoms with van der Waals surface area (Å²) in [5, 5.41) is 3.10. The average molecular weight is 357 g/mol. The number of benzene rings is 1. The molecule has 0 aromatic heterocycles. The van der Waals surface area contributed by atoms with Crippen LogP contribution in [-0.2, 0) is 4.79 Å². The maximum absolute atomic E-state index is 13.0. The minimum absolute atomic E-state index is 0.0261. The number of carbonyl (C=O) groups excluding carboxylic acids is 2. The Morgan fingerprint density at radius 2 is 2.00 bits per heavy atom. The van der Waals surface area contributed by atoms with Gasteiger partial charge in [0.1, 0.15) is 0 Å². The monoisotopic (exact) mass is 357 g/mol. The molecule has 0 bridgehead atoms. The number of nitrogens with zero attached hydrogens (tertiary/aromatic N) is 2. The van der Waals surface area contributed by atoms with Gasteiger partial charge in [-0.15, -0.1) is 0 Å². The third kappa shape index (κ3) is 3.93. The van der Waals surface area contributed by atoms with Crippen molar-refractivity contribution in [3.8, 4) is 0 Å². The summed E-state index contributed by atoms with van der Waals surface area (Å²) in [5.41, 5.74) is 1.79. The molecular formula is C21H31N3O2. The molecule has 5 heteroatoms. The molecule has 1 saturated carbocycles. The van der Waals surface area contributed by atoms with Crippen LogP contribution in [0.4, 0.5) is 0 Å². The first kappa shape index (κ1) is 18.9. The van der Waals surface area contributed by atoms with Gasteiger partial charge in [0, 0.05) is 37.2 Å². The number of rotatable bonds is 5. The molecule has 5 nitrogen and oxygen atoms in total. The molecule has 2 fully saturated rings. The van der Waals surface area contributed by atoms with Gasteiger partial charge in [-0.05, 0) is 46.0 Å². The number of hydrogen-bond acceptors (Lipinski definition) is 3. The first-order valence-corrected chi connectivity index (χ1v) is 9.70. The third-order valence-corrected chi connectivity index (χ3v) is 5.97. The SMILES string of the molecule is Cc1cccc(C(=O)N2CC(C(=O)NCCN(C)C)C3(CCCC3)C2)c1. The van der Waals surface area contributed by atoms with Crippen LogP contribution in [0.25, 0.3) is 0 Å². The number of hydrogen-bond donors (Lipinski definition) is 1. The van der Waals surface area contributed by atoms with Crippen molar-refractivity contribution in [2.45, 2.75) is 32.6 Å². The van der Waals surface area contributed by atoms with Crippen LogP contribution in [0, 0.1) is 18.3 Å². The highest BCUT2D eigenvalue weighted by atomic mass is 16.2. The first-order valence-electron chi connectivity index (χ1n) is 9.70. The molecule has 1 aliphatic heterocycles. The fraction of sp³-hybridized carbons (Fsp3) is 0.619. The topological polar surface area (TPSA) is 52.7 Å². The molecule has 0 radical (unpaired) electrons. The predicted octanol–water partition coefficient (Wildman–Crippen LogP) is 2.31. The summed E-state index contributed by atoms with van der Waals surface area (Å²) in [6.45, 7) is 4.74. The Kier molecular flexibility index (Phi) is 5.66. The Morgan fingerprint density at radius 1 is 1.27 bits per heavy atom. The lowest BCUT2D eigenvalue weighted by atomic mass is 9.76. The Morgan fingerprint density at radius 3 is 2.65 bits per heavy atom. The van der Waals surface area contributed by atoms with Gasteiger partial charge in [0.2, 0.25) is 5.91 Å². The fourth-order valence-electron chi connectivity index (χ4n) is 4.56. The van der Waals surface area contributed by atoms with Crippen LogP contribution in [0.5, 0.6) is 0 Å². The number of nitrogens with one attached hydrogen (secondary N) is 1. The zero-order valence-corrected chi connectivity index (χ0v) is 16.3. The summed E-state index contributed by atoms with van der Waals surface area (Å²) in [7, 11) is 4.00. The third-order valence-electron chi connectivity index (χ3n) is 5.97. The van der Waals surface area contributed by atoms with Gasteiger partial charge in [-0.3, -0.25) is 9.59 Å². The average Bonchev–Trinajstić information content (AvgIpc) is 3.22. The van der Waals surface area contributed by atoms with Crippen molar-refractivity contribution in [2.24, 2.45) is 11.3 Å². The largest absolute Gasteiger partial charge is 0.355 e. The molecule has 1 aromatic carbocycles. The maximum Gasteiger partial charge on any atom is 0.253 e. The van der Waals surface area contributed by atoms with E-state index in [2.05, 4.69) is 10.2 Å². The number of amides is 2. The molecule has 26 heavy (non-hydrogen) atoms. The summed E-state index contributed by atoms with van der Waals surface area (Å²) in [6, 6.07) is 7.74. The van der Waals surface area contributed by atoms with Crippen molar-refractivity contribution in [1.29, 1.82) is 0 Å². The second-order valence-electron chi connectivity index (χ2n) is 8.27. The highest BCUT2D eigenvalue weighted by molar-refractivity contribution is 5.95. The second kappa shape index (κ2) is 7.78. The Labute approximate surface area is 156 Å². The molecule has 2 aliphatic rings. The van der Waals surface area contributed by atoms with Crippen molar-refractivity contribution >= 4 is 11.8 Å². The molecule has 1 spiro atoms. The zero-order chi connectivity index (χ0) is 18.7. The number of aryl methyl sites for hydroxylation is 1. The summed E-state index contributed by atoms with van der Waals surface area (Å²) in [6.07, 6.45) is 4.43. The lowest BCUT2D eigenvalue weighted by molar-refractivity contribution is -0.127. The lowest BCUT2D eigenvalue weighted by Gasteiger charge is -2.29. The van der Waals surface area contributed by atoms with E-state index in [4.69, 9.17) is 0 Å². The predicted molar refractivity (Wildman–Crippen MR) is 103 cm³/mol. The van der Waals surface area contributed by atoms with Crippen LogP contribution in [0.3, 0.4) is 0 Å². The van der Waals surface area contributed by atoms with Crippen LogP contribution in [-0.4, -0.2) is 61.9 Å². The molecule has 1 aromatic rings. The van der Waals surface area contributed by atoms with Gasteiger partial charge < -0.3 is 15.1 Å². The van der Waals surface area contributed by atoms with E-state index in [1.54, 1.807) is 0 Å². The molecule has 3 rings (SSSR count). The number of carbonyl (C=O) groups is 2. The van der Waals surface area contributed by atoms with E-state index < -0.39 is 0 Å². The molecule has 2 amide bonds. The molecule has 1 aliphatic carbocycles. The summed E-state index contributed by atoms with van der Waals surface area (Å²) in [4.78, 5) is 29.9. The van der Waals surface area contributed by atoms with Crippen LogP contribution < -0.4 is 5.32 Å². The summed E-state index contributed by atoms with van der Waals surface area (Å²) in [5.74, 6) is 0.0952. The fourth-order valence-corrected chi connectivity index (χ4v) is 4.56. The van der Waals surface area contributed by atoms with Crippen molar-refractivity contribution in [3.63, 3.8) is 0 Å². The van der Waals surface area contributed by atoms with E-state index in [1.165, 1.54) is 0 Å². The van der Waals surface area contributed by atoms with Crippen molar-refractivity contribution in [2.75, 3.05) is 40.3 Å². The molecule has 1 unspecified atom stereocenters. The minimum Gasteiger partial charge on any atom is -0.355 e. The molecule has 1 atom stereocenters. The van der Waals surface area contributed by atoms with Crippen LogP contribution >= 0.6 is 0 Å². The molecule has 1 N–H and O–H groups in total. The van der Waals surface area contributed by atoms with Gasteiger partial charge in [0.15, 0.2) is 0 Å². The summed E-state index contributed by atoms with van der Waals surface area (Å²) < 4.78 is 0. The van der Waals surface area contributed by atoms with Gasteiger partial charge in [0.05, 0.1) is 5.92 Å². The standard InChI is InChI=1S/C21H31N3O2/c1-16-7-6-8-17(13-16)20(26)24-14-18(19(25)22-11-12-23(2)3)21(15-24)9-4-5-10-21/h6-8,13,18H,4-5,9-12,14-15H2,1-3H3,(H,22,25). The van der Waals surface area contributed by atoms with Gasteiger partial charge in [-0.25, -0.2) is 0 Å².